The summed E-state index contributed by atoms with van der Waals surface area (Å²) in [4.78, 5) is 4.65. The van der Waals surface area contributed by atoms with Crippen LogP contribution in [0.25, 0.3) is 10.2 Å². The van der Waals surface area contributed by atoms with Crippen LogP contribution in [-0.2, 0) is 0 Å². The van der Waals surface area contributed by atoms with E-state index in [1.54, 1.807) is 23.3 Å². The molecule has 0 atom stereocenters. The Morgan fingerprint density at radius 1 is 1.33 bits per heavy atom. The first-order chi connectivity index (χ1) is 8.38. The normalized spacial score (nSPS) is 11.8. The molecule has 96 valence electrons. The lowest BCUT2D eigenvalue weighted by molar-refractivity contribution is 0.328. The minimum Gasteiger partial charge on any atom is -0.310 e. The van der Waals surface area contributed by atoms with E-state index in [9.17, 15) is 0 Å². The highest BCUT2D eigenvalue weighted by Gasteiger charge is 2.23. The Morgan fingerprint density at radius 2 is 2.00 bits per heavy atom. The molecule has 0 saturated carbocycles. The minimum atomic E-state index is 0.0361. The van der Waals surface area contributed by atoms with Crippen LogP contribution in [-0.4, -0.2) is 14.8 Å². The van der Waals surface area contributed by atoms with E-state index in [0.29, 0.717) is 0 Å². The Kier molecular flexibility index (Phi) is 3.69. The number of fused-ring (bicyclic) bond motifs is 1. The van der Waals surface area contributed by atoms with Crippen LogP contribution in [0.4, 0.5) is 0 Å². The van der Waals surface area contributed by atoms with Gasteiger partial charge in [-0.05, 0) is 39.8 Å². The van der Waals surface area contributed by atoms with Crippen molar-refractivity contribution < 1.29 is 0 Å². The molecule has 0 fully saturated rings. The molecular weight excluding hydrogens is 260 g/mol. The van der Waals surface area contributed by atoms with Gasteiger partial charge in [-0.3, -0.25) is 0 Å². The third kappa shape index (κ3) is 2.87. The molecule has 0 aliphatic heterocycles. The number of allylic oxidation sites excluding steroid dienone is 1. The van der Waals surface area contributed by atoms with Crippen LogP contribution >= 0.6 is 23.3 Å². The van der Waals surface area contributed by atoms with Gasteiger partial charge in [0.25, 0.3) is 0 Å². The van der Waals surface area contributed by atoms with Gasteiger partial charge in [-0.1, -0.05) is 18.7 Å². The second kappa shape index (κ2) is 4.94. The fraction of sp³-hybridized carbons (Fsp3) is 0.357. The largest absolute Gasteiger partial charge is 0.310 e. The number of aromatic nitrogens is 1. The summed E-state index contributed by atoms with van der Waals surface area (Å²) in [6, 6.07) is 8.24. The highest BCUT2D eigenvalue weighted by atomic mass is 32.2. The number of nitrogens with zero attached hydrogens (tertiary/aromatic N) is 2. The highest BCUT2D eigenvalue weighted by molar-refractivity contribution is 7.99. The van der Waals surface area contributed by atoms with Gasteiger partial charge in [-0.25, -0.2) is 4.98 Å². The van der Waals surface area contributed by atoms with Crippen LogP contribution < -0.4 is 0 Å². The summed E-state index contributed by atoms with van der Waals surface area (Å²) in [7, 11) is 0. The van der Waals surface area contributed by atoms with Crippen LogP contribution in [0.3, 0.4) is 0 Å². The minimum absolute atomic E-state index is 0.0361. The summed E-state index contributed by atoms with van der Waals surface area (Å²) < 4.78 is 4.51. The van der Waals surface area contributed by atoms with E-state index in [-0.39, 0.29) is 5.54 Å². The van der Waals surface area contributed by atoms with E-state index in [0.717, 1.165) is 15.6 Å². The summed E-state index contributed by atoms with van der Waals surface area (Å²) in [5, 5.41) is 0. The molecule has 4 heteroatoms. The molecule has 1 aromatic heterocycles. The molecule has 0 unspecified atom stereocenters. The van der Waals surface area contributed by atoms with Crippen molar-refractivity contribution in [2.75, 3.05) is 0 Å². The van der Waals surface area contributed by atoms with Crippen molar-refractivity contribution in [3.05, 3.63) is 36.5 Å². The molecule has 0 amide bonds. The number of para-hydroxylation sites is 1. The first-order valence-electron chi connectivity index (χ1n) is 5.87. The maximum Gasteiger partial charge on any atom is 0.171 e. The Bertz CT molecular complexity index is 533. The van der Waals surface area contributed by atoms with Crippen LogP contribution in [0.15, 0.2) is 40.9 Å². The van der Waals surface area contributed by atoms with Crippen molar-refractivity contribution in [2.45, 2.75) is 37.6 Å². The average molecular weight is 278 g/mol. The van der Waals surface area contributed by atoms with Crippen molar-refractivity contribution in [2.24, 2.45) is 0 Å². The Balaban J connectivity index is 2.29. The van der Waals surface area contributed by atoms with Gasteiger partial charge < -0.3 is 4.31 Å². The van der Waals surface area contributed by atoms with Gasteiger partial charge in [-0.15, -0.1) is 11.3 Å². The quantitative estimate of drug-likeness (QED) is 0.740. The van der Waals surface area contributed by atoms with Crippen LogP contribution in [0.5, 0.6) is 0 Å². The van der Waals surface area contributed by atoms with Crippen molar-refractivity contribution in [3.8, 4) is 0 Å². The van der Waals surface area contributed by atoms with Gasteiger partial charge in [0.1, 0.15) is 0 Å². The van der Waals surface area contributed by atoms with E-state index in [2.05, 4.69) is 54.8 Å². The number of thiazole rings is 1. The summed E-state index contributed by atoms with van der Waals surface area (Å²) in [5.41, 5.74) is 2.15. The monoisotopic (exact) mass is 278 g/mol. The molecule has 0 N–H and O–H groups in total. The molecule has 1 heterocycles. The standard InChI is InChI=1S/C14H18N2S2/c1-10(2)16(14(3,4)5)18-13-15-11-8-6-7-9-12(11)17-13/h6-9H,1H2,2-5H3. The van der Waals surface area contributed by atoms with Crippen molar-refractivity contribution in [1.82, 2.24) is 9.29 Å². The van der Waals surface area contributed by atoms with Crippen molar-refractivity contribution in [3.63, 3.8) is 0 Å². The van der Waals surface area contributed by atoms with Crippen LogP contribution in [0, 0.1) is 0 Å². The zero-order valence-electron chi connectivity index (χ0n) is 11.2. The first kappa shape index (κ1) is 13.4. The number of rotatable bonds is 3. The highest BCUT2D eigenvalue weighted by Crippen LogP contribution is 2.37. The lowest BCUT2D eigenvalue weighted by atomic mass is 10.1. The van der Waals surface area contributed by atoms with E-state index < -0.39 is 0 Å². The third-order valence-electron chi connectivity index (χ3n) is 2.40. The summed E-state index contributed by atoms with van der Waals surface area (Å²) in [6.45, 7) is 12.6. The topological polar surface area (TPSA) is 16.1 Å². The SMILES string of the molecule is C=C(C)N(Sc1nc2ccccc2s1)C(C)(C)C. The Hall–Kier alpha value is -1.00. The van der Waals surface area contributed by atoms with Crippen molar-refractivity contribution in [1.29, 1.82) is 0 Å². The summed E-state index contributed by atoms with van der Waals surface area (Å²) >= 11 is 3.40. The molecule has 0 aliphatic rings. The zero-order chi connectivity index (χ0) is 13.3. The number of benzene rings is 1. The van der Waals surface area contributed by atoms with Gasteiger partial charge in [-0.2, -0.15) is 0 Å². The van der Waals surface area contributed by atoms with Gasteiger partial charge >= 0.3 is 0 Å². The van der Waals surface area contributed by atoms with E-state index in [1.807, 2.05) is 13.0 Å². The number of hydrogen-bond donors (Lipinski definition) is 0. The Morgan fingerprint density at radius 3 is 2.56 bits per heavy atom. The van der Waals surface area contributed by atoms with E-state index >= 15 is 0 Å². The summed E-state index contributed by atoms with van der Waals surface area (Å²) in [6.07, 6.45) is 0. The predicted molar refractivity (Wildman–Crippen MR) is 81.9 cm³/mol. The zero-order valence-corrected chi connectivity index (χ0v) is 12.9. The molecule has 0 spiro atoms. The molecule has 0 saturated heterocycles. The van der Waals surface area contributed by atoms with Gasteiger partial charge in [0.15, 0.2) is 4.34 Å². The first-order valence-corrected chi connectivity index (χ1v) is 7.46. The average Bonchev–Trinajstić information content (AvgIpc) is 2.66. The molecule has 1 aromatic carbocycles. The second-order valence-electron chi connectivity index (χ2n) is 5.24. The molecule has 0 bridgehead atoms. The lowest BCUT2D eigenvalue weighted by Crippen LogP contribution is -2.34. The van der Waals surface area contributed by atoms with Crippen LogP contribution in [0.1, 0.15) is 27.7 Å². The smallest absolute Gasteiger partial charge is 0.171 e. The van der Waals surface area contributed by atoms with Gasteiger partial charge in [0.2, 0.25) is 0 Å². The number of hydrogen-bond acceptors (Lipinski definition) is 4. The van der Waals surface area contributed by atoms with E-state index in [4.69, 9.17) is 0 Å². The maximum atomic E-state index is 4.65. The molecular formula is C14H18N2S2. The fourth-order valence-electron chi connectivity index (χ4n) is 1.76. The molecule has 2 aromatic rings. The summed E-state index contributed by atoms with van der Waals surface area (Å²) in [5.74, 6) is 0. The molecule has 0 aliphatic carbocycles. The third-order valence-corrected chi connectivity index (χ3v) is 4.99. The van der Waals surface area contributed by atoms with Gasteiger partial charge in [0.05, 0.1) is 10.2 Å². The molecule has 18 heavy (non-hydrogen) atoms. The molecule has 2 nitrogen and oxygen atoms in total. The predicted octanol–water partition coefficient (Wildman–Crippen LogP) is 4.94. The van der Waals surface area contributed by atoms with Gasteiger partial charge in [0, 0.05) is 23.2 Å². The fourth-order valence-corrected chi connectivity index (χ4v) is 3.82. The van der Waals surface area contributed by atoms with Crippen LogP contribution in [0.2, 0.25) is 0 Å². The molecule has 0 radical (unpaired) electrons. The van der Waals surface area contributed by atoms with E-state index in [1.165, 1.54) is 4.70 Å². The second-order valence-corrected chi connectivity index (χ2v) is 7.46. The van der Waals surface area contributed by atoms with Crippen molar-refractivity contribution >= 4 is 33.5 Å². The maximum absolute atomic E-state index is 4.65. The Labute approximate surface area is 117 Å². The molecule has 2 rings (SSSR count). The lowest BCUT2D eigenvalue weighted by Gasteiger charge is -2.35.